The normalized spacial score (nSPS) is 14.1. The maximum absolute atomic E-state index is 11.7. The molecule has 0 unspecified atom stereocenters. The van der Waals surface area contributed by atoms with Gasteiger partial charge in [-0.2, -0.15) is 5.10 Å². The molecule has 1 aromatic rings. The lowest BCUT2D eigenvalue weighted by Gasteiger charge is -2.13. The van der Waals surface area contributed by atoms with Crippen molar-refractivity contribution >= 4 is 11.8 Å². The lowest BCUT2D eigenvalue weighted by molar-refractivity contribution is 0.198. The molecule has 0 aliphatic carbocycles. The van der Waals surface area contributed by atoms with Gasteiger partial charge in [0, 0.05) is 45.8 Å². The van der Waals surface area contributed by atoms with E-state index in [1.165, 1.54) is 0 Å². The number of aryl methyl sites for hydroxylation is 1. The zero-order valence-electron chi connectivity index (χ0n) is 10.7. The number of aromatic nitrogens is 2. The summed E-state index contributed by atoms with van der Waals surface area (Å²) in [4.78, 5) is 11.7. The molecular weight excluding hydrogens is 234 g/mol. The van der Waals surface area contributed by atoms with E-state index in [0.29, 0.717) is 13.2 Å². The van der Waals surface area contributed by atoms with Crippen LogP contribution in [0.1, 0.15) is 11.3 Å². The van der Waals surface area contributed by atoms with Gasteiger partial charge in [0.25, 0.3) is 0 Å². The largest absolute Gasteiger partial charge is 0.383 e. The molecule has 0 saturated carbocycles. The van der Waals surface area contributed by atoms with Gasteiger partial charge in [-0.05, 0) is 0 Å². The predicted molar refractivity (Wildman–Crippen MR) is 67.5 cm³/mol. The average molecular weight is 253 g/mol. The quantitative estimate of drug-likeness (QED) is 0.651. The molecule has 1 aliphatic heterocycles. The number of rotatable bonds is 4. The Hall–Kier alpha value is -1.60. The van der Waals surface area contributed by atoms with Gasteiger partial charge < -0.3 is 15.4 Å². The fourth-order valence-corrected chi connectivity index (χ4v) is 2.00. The van der Waals surface area contributed by atoms with Gasteiger partial charge in [-0.15, -0.1) is 0 Å². The van der Waals surface area contributed by atoms with Crippen molar-refractivity contribution in [2.75, 3.05) is 32.1 Å². The number of amides is 2. The first-order chi connectivity index (χ1) is 8.72. The van der Waals surface area contributed by atoms with Crippen molar-refractivity contribution < 1.29 is 9.53 Å². The molecule has 1 aromatic heterocycles. The number of ether oxygens (including phenoxy) is 1. The van der Waals surface area contributed by atoms with Crippen LogP contribution >= 0.6 is 0 Å². The summed E-state index contributed by atoms with van der Waals surface area (Å²) in [7, 11) is 3.44. The summed E-state index contributed by atoms with van der Waals surface area (Å²) in [5, 5.41) is 13.2. The van der Waals surface area contributed by atoms with Gasteiger partial charge in [0.05, 0.1) is 12.3 Å². The number of carbonyl (C=O) groups excluding carboxylic acids is 1. The van der Waals surface area contributed by atoms with Crippen LogP contribution in [0.5, 0.6) is 0 Å². The second kappa shape index (κ2) is 5.83. The minimum atomic E-state index is -0.233. The minimum absolute atomic E-state index is 0.233. The van der Waals surface area contributed by atoms with Crippen LogP contribution < -0.4 is 16.0 Å². The molecule has 2 amide bonds. The summed E-state index contributed by atoms with van der Waals surface area (Å²) < 4.78 is 6.59. The average Bonchev–Trinajstić information content (AvgIpc) is 2.67. The molecule has 0 radical (unpaired) electrons. The van der Waals surface area contributed by atoms with E-state index in [4.69, 9.17) is 4.74 Å². The van der Waals surface area contributed by atoms with Gasteiger partial charge in [-0.25, -0.2) is 4.79 Å². The lowest BCUT2D eigenvalue weighted by atomic mass is 10.1. The van der Waals surface area contributed by atoms with Gasteiger partial charge in [0.2, 0.25) is 0 Å². The number of hydrogen-bond donors (Lipinski definition) is 3. The molecule has 7 heteroatoms. The van der Waals surface area contributed by atoms with Crippen LogP contribution in [-0.2, 0) is 24.8 Å². The van der Waals surface area contributed by atoms with Crippen LogP contribution in [0.3, 0.4) is 0 Å². The van der Waals surface area contributed by atoms with Crippen molar-refractivity contribution in [3.63, 3.8) is 0 Å². The highest BCUT2D eigenvalue weighted by atomic mass is 16.5. The predicted octanol–water partition coefficient (Wildman–Crippen LogP) is -0.166. The summed E-state index contributed by atoms with van der Waals surface area (Å²) in [5.74, 6) is 0.757. The maximum Gasteiger partial charge on any atom is 0.320 e. The molecule has 2 heterocycles. The second-order valence-corrected chi connectivity index (χ2v) is 4.20. The fourth-order valence-electron chi connectivity index (χ4n) is 2.00. The monoisotopic (exact) mass is 253 g/mol. The Morgan fingerprint density at radius 2 is 2.44 bits per heavy atom. The number of nitrogens with zero attached hydrogens (tertiary/aromatic N) is 2. The lowest BCUT2D eigenvalue weighted by Crippen LogP contribution is -2.33. The Morgan fingerprint density at radius 3 is 3.22 bits per heavy atom. The molecule has 0 fully saturated rings. The van der Waals surface area contributed by atoms with Crippen LogP contribution in [0, 0.1) is 0 Å². The highest BCUT2D eigenvalue weighted by Crippen LogP contribution is 2.21. The van der Waals surface area contributed by atoms with Crippen molar-refractivity contribution in [3.05, 3.63) is 11.3 Å². The van der Waals surface area contributed by atoms with Crippen molar-refractivity contribution in [1.82, 2.24) is 20.4 Å². The molecular formula is C11H19N5O2. The third-order valence-corrected chi connectivity index (χ3v) is 2.89. The number of nitrogens with one attached hydrogen (secondary N) is 3. The number of carbonyl (C=O) groups is 1. The highest BCUT2D eigenvalue weighted by Gasteiger charge is 2.20. The van der Waals surface area contributed by atoms with Gasteiger partial charge >= 0.3 is 6.03 Å². The van der Waals surface area contributed by atoms with E-state index in [2.05, 4.69) is 21.0 Å². The molecule has 100 valence electrons. The van der Waals surface area contributed by atoms with Gasteiger partial charge in [0.1, 0.15) is 5.82 Å². The van der Waals surface area contributed by atoms with Gasteiger partial charge in [-0.3, -0.25) is 10.00 Å². The molecule has 0 aromatic carbocycles. The Balaban J connectivity index is 2.00. The summed E-state index contributed by atoms with van der Waals surface area (Å²) in [6, 6.07) is -0.233. The van der Waals surface area contributed by atoms with Gasteiger partial charge in [-0.1, -0.05) is 0 Å². The van der Waals surface area contributed by atoms with E-state index in [1.807, 2.05) is 7.05 Å². The van der Waals surface area contributed by atoms with E-state index >= 15 is 0 Å². The highest BCUT2D eigenvalue weighted by molar-refractivity contribution is 5.89. The summed E-state index contributed by atoms with van der Waals surface area (Å²) in [6.07, 6.45) is 0.899. The summed E-state index contributed by atoms with van der Waals surface area (Å²) >= 11 is 0. The van der Waals surface area contributed by atoms with Gasteiger partial charge in [0.15, 0.2) is 0 Å². The number of urea groups is 1. The molecule has 0 atom stereocenters. The smallest absolute Gasteiger partial charge is 0.320 e. The number of hydrogen-bond acceptors (Lipinski definition) is 4. The summed E-state index contributed by atoms with van der Waals surface area (Å²) in [6.45, 7) is 2.67. The van der Waals surface area contributed by atoms with E-state index < -0.39 is 0 Å². The van der Waals surface area contributed by atoms with E-state index in [-0.39, 0.29) is 6.03 Å². The topological polar surface area (TPSA) is 80.2 Å². The van der Waals surface area contributed by atoms with Crippen molar-refractivity contribution in [1.29, 1.82) is 0 Å². The Morgan fingerprint density at radius 1 is 1.61 bits per heavy atom. The van der Waals surface area contributed by atoms with Crippen molar-refractivity contribution in [2.24, 2.45) is 7.05 Å². The number of anilines is 1. The Kier molecular flexibility index (Phi) is 4.16. The maximum atomic E-state index is 11.7. The van der Waals surface area contributed by atoms with Crippen LogP contribution in [0.4, 0.5) is 10.6 Å². The third kappa shape index (κ3) is 2.80. The van der Waals surface area contributed by atoms with Crippen LogP contribution in [0.15, 0.2) is 0 Å². The molecule has 1 aliphatic rings. The first-order valence-corrected chi connectivity index (χ1v) is 6.01. The van der Waals surface area contributed by atoms with E-state index in [1.54, 1.807) is 11.8 Å². The van der Waals surface area contributed by atoms with Crippen LogP contribution in [0.25, 0.3) is 0 Å². The number of fused-ring (bicyclic) bond motifs is 1. The first-order valence-electron chi connectivity index (χ1n) is 6.01. The number of methoxy groups -OCH3 is 1. The molecule has 18 heavy (non-hydrogen) atoms. The summed E-state index contributed by atoms with van der Waals surface area (Å²) in [5.41, 5.74) is 2.13. The molecule has 3 N–H and O–H groups in total. The Bertz CT molecular complexity index is 429. The standard InChI is InChI=1S/C11H19N5O2/c1-16-10(14-11(17)13-5-6-18-2)8-7-12-4-3-9(8)15-16/h12H,3-7H2,1-2H3,(H2,13,14,17). The third-order valence-electron chi connectivity index (χ3n) is 2.89. The van der Waals surface area contributed by atoms with E-state index in [0.717, 1.165) is 36.6 Å². The molecule has 2 rings (SSSR count). The fraction of sp³-hybridized carbons (Fsp3) is 0.636. The Labute approximate surface area is 106 Å². The molecule has 7 nitrogen and oxygen atoms in total. The molecule has 0 spiro atoms. The molecule has 0 saturated heterocycles. The zero-order valence-corrected chi connectivity index (χ0v) is 10.7. The van der Waals surface area contributed by atoms with E-state index in [9.17, 15) is 4.79 Å². The van der Waals surface area contributed by atoms with Crippen LogP contribution in [0.2, 0.25) is 0 Å². The van der Waals surface area contributed by atoms with Crippen LogP contribution in [-0.4, -0.2) is 42.6 Å². The molecule has 0 bridgehead atoms. The second-order valence-electron chi connectivity index (χ2n) is 4.20. The zero-order chi connectivity index (χ0) is 13.0. The SMILES string of the molecule is COCCNC(=O)Nc1c2c(nn1C)CCNC2. The first kappa shape index (κ1) is 12.8. The van der Waals surface area contributed by atoms with Crippen molar-refractivity contribution in [2.45, 2.75) is 13.0 Å². The minimum Gasteiger partial charge on any atom is -0.383 e. The van der Waals surface area contributed by atoms with Crippen molar-refractivity contribution in [3.8, 4) is 0 Å².